The number of methoxy groups -OCH3 is 1. The Balaban J connectivity index is 1.83. The summed E-state index contributed by atoms with van der Waals surface area (Å²) in [6, 6.07) is 13.4. The molecule has 2 heterocycles. The first-order chi connectivity index (χ1) is 16.1. The van der Waals surface area contributed by atoms with Gasteiger partial charge in [0.2, 0.25) is 0 Å². The van der Waals surface area contributed by atoms with Crippen LogP contribution in [0.3, 0.4) is 0 Å². The molecule has 7 nitrogen and oxygen atoms in total. The van der Waals surface area contributed by atoms with Gasteiger partial charge < -0.3 is 19.1 Å². The van der Waals surface area contributed by atoms with E-state index < -0.39 is 0 Å². The number of amides is 1. The van der Waals surface area contributed by atoms with E-state index in [1.54, 1.807) is 7.11 Å². The maximum absolute atomic E-state index is 13.4. The number of carbonyl (C=O) groups excluding carboxylic acids is 1. The van der Waals surface area contributed by atoms with Crippen molar-refractivity contribution in [3.05, 3.63) is 59.3 Å². The number of rotatable bonds is 10. The molecule has 33 heavy (non-hydrogen) atoms. The lowest BCUT2D eigenvalue weighted by atomic mass is 9.95. The highest BCUT2D eigenvalue weighted by Crippen LogP contribution is 2.44. The molecule has 174 valence electrons. The fourth-order valence-corrected chi connectivity index (χ4v) is 4.31. The molecule has 0 saturated heterocycles. The number of nitrogens with zero attached hydrogens (tertiary/aromatic N) is 2. The van der Waals surface area contributed by atoms with Gasteiger partial charge in [-0.15, -0.1) is 0 Å². The van der Waals surface area contributed by atoms with E-state index in [4.69, 9.17) is 14.2 Å². The van der Waals surface area contributed by atoms with Crippen molar-refractivity contribution in [2.75, 3.05) is 26.9 Å². The van der Waals surface area contributed by atoms with Gasteiger partial charge >= 0.3 is 0 Å². The zero-order valence-corrected chi connectivity index (χ0v) is 19.7. The Morgan fingerprint density at radius 1 is 1.00 bits per heavy atom. The summed E-state index contributed by atoms with van der Waals surface area (Å²) in [6.45, 7) is 7.78. The largest absolute Gasteiger partial charge is 0.497 e. The molecule has 0 spiro atoms. The van der Waals surface area contributed by atoms with Crippen LogP contribution in [-0.4, -0.2) is 47.9 Å². The number of unbranched alkanes of at least 4 members (excludes halogenated alkanes) is 1. The van der Waals surface area contributed by atoms with Crippen molar-refractivity contribution in [1.29, 1.82) is 0 Å². The number of carbonyl (C=O) groups is 1. The van der Waals surface area contributed by atoms with E-state index in [1.807, 2.05) is 61.2 Å². The highest BCUT2D eigenvalue weighted by atomic mass is 16.5. The minimum Gasteiger partial charge on any atom is -0.497 e. The number of fused-ring (bicyclic) bond motifs is 1. The molecule has 1 aliphatic rings. The Labute approximate surface area is 194 Å². The fourth-order valence-electron chi connectivity index (χ4n) is 4.31. The van der Waals surface area contributed by atoms with Crippen LogP contribution in [-0.2, 0) is 0 Å². The second-order valence-electron chi connectivity index (χ2n) is 7.92. The van der Waals surface area contributed by atoms with Crippen LogP contribution in [0, 0.1) is 0 Å². The minimum atomic E-state index is -0.259. The number of hydrogen-bond acceptors (Lipinski definition) is 5. The highest BCUT2D eigenvalue weighted by Gasteiger charge is 2.42. The van der Waals surface area contributed by atoms with Crippen LogP contribution >= 0.6 is 0 Å². The van der Waals surface area contributed by atoms with E-state index in [1.165, 1.54) is 0 Å². The third-order valence-corrected chi connectivity index (χ3v) is 5.86. The minimum absolute atomic E-state index is 0.0254. The molecule has 0 saturated carbocycles. The summed E-state index contributed by atoms with van der Waals surface area (Å²) in [4.78, 5) is 15.3. The van der Waals surface area contributed by atoms with Gasteiger partial charge in [0.1, 0.15) is 11.4 Å². The molecule has 7 heteroatoms. The van der Waals surface area contributed by atoms with E-state index in [9.17, 15) is 4.79 Å². The summed E-state index contributed by atoms with van der Waals surface area (Å²) in [5.74, 6) is 2.14. The Morgan fingerprint density at radius 3 is 2.39 bits per heavy atom. The van der Waals surface area contributed by atoms with E-state index >= 15 is 0 Å². The lowest BCUT2D eigenvalue weighted by Gasteiger charge is -2.27. The molecule has 0 fully saturated rings. The van der Waals surface area contributed by atoms with Gasteiger partial charge in [-0.2, -0.15) is 5.10 Å². The van der Waals surface area contributed by atoms with E-state index in [-0.39, 0.29) is 11.9 Å². The lowest BCUT2D eigenvalue weighted by Crippen LogP contribution is -2.30. The third-order valence-electron chi connectivity index (χ3n) is 5.86. The van der Waals surface area contributed by atoms with Gasteiger partial charge in [-0.1, -0.05) is 19.4 Å². The number of ether oxygens (including phenoxy) is 3. The topological polar surface area (TPSA) is 76.7 Å². The van der Waals surface area contributed by atoms with E-state index in [0.717, 1.165) is 41.0 Å². The molecule has 4 rings (SSSR count). The molecule has 0 bridgehead atoms. The van der Waals surface area contributed by atoms with Crippen molar-refractivity contribution in [3.8, 4) is 28.5 Å². The Bertz CT molecular complexity index is 1110. The standard InChI is InChI=1S/C26H31N3O4/c1-5-8-15-29-25(18-11-14-20(32-6-2)21(16-18)33-7-3)22-23(27-28-24(22)26(29)30)17-9-12-19(31-4)13-10-17/h9-14,16,25H,5-8,15H2,1-4H3,(H,27,28). The molecule has 2 aromatic carbocycles. The molecule has 1 amide bonds. The van der Waals surface area contributed by atoms with E-state index in [0.29, 0.717) is 37.0 Å². The first-order valence-corrected chi connectivity index (χ1v) is 11.6. The van der Waals surface area contributed by atoms with Crippen LogP contribution in [0.5, 0.6) is 17.2 Å². The van der Waals surface area contributed by atoms with Crippen molar-refractivity contribution in [1.82, 2.24) is 15.1 Å². The second-order valence-corrected chi connectivity index (χ2v) is 7.92. The monoisotopic (exact) mass is 449 g/mol. The first-order valence-electron chi connectivity index (χ1n) is 11.6. The smallest absolute Gasteiger partial charge is 0.273 e. The summed E-state index contributed by atoms with van der Waals surface area (Å²) in [6.07, 6.45) is 1.93. The molecule has 1 atom stereocenters. The summed E-state index contributed by atoms with van der Waals surface area (Å²) in [7, 11) is 1.64. The fraction of sp³-hybridized carbons (Fsp3) is 0.385. The Kier molecular flexibility index (Phi) is 6.87. The van der Waals surface area contributed by atoms with Gasteiger partial charge in [0, 0.05) is 17.7 Å². The van der Waals surface area contributed by atoms with Crippen molar-refractivity contribution in [2.45, 2.75) is 39.7 Å². The SMILES string of the molecule is CCCCN1C(=O)c2[nH]nc(-c3ccc(OC)cc3)c2C1c1ccc(OCC)c(OCC)c1. The normalized spacial score (nSPS) is 15.0. The van der Waals surface area contributed by atoms with Gasteiger partial charge in [-0.05, 0) is 62.2 Å². The van der Waals surface area contributed by atoms with Gasteiger partial charge in [0.15, 0.2) is 11.5 Å². The number of aromatic nitrogens is 2. The van der Waals surface area contributed by atoms with Crippen LogP contribution in [0.2, 0.25) is 0 Å². The van der Waals surface area contributed by atoms with Crippen molar-refractivity contribution in [2.24, 2.45) is 0 Å². The highest BCUT2D eigenvalue weighted by molar-refractivity contribution is 6.00. The maximum atomic E-state index is 13.4. The van der Waals surface area contributed by atoms with Crippen LogP contribution in [0.1, 0.15) is 61.3 Å². The molecule has 0 radical (unpaired) electrons. The van der Waals surface area contributed by atoms with Gasteiger partial charge in [-0.3, -0.25) is 9.89 Å². The number of H-pyrrole nitrogens is 1. The van der Waals surface area contributed by atoms with Gasteiger partial charge in [0.25, 0.3) is 5.91 Å². The number of nitrogens with one attached hydrogen (secondary N) is 1. The molecular weight excluding hydrogens is 418 g/mol. The zero-order chi connectivity index (χ0) is 23.4. The number of aromatic amines is 1. The predicted octanol–water partition coefficient (Wildman–Crippen LogP) is 5.23. The van der Waals surface area contributed by atoms with E-state index in [2.05, 4.69) is 17.1 Å². The van der Waals surface area contributed by atoms with Crippen LogP contribution in [0.15, 0.2) is 42.5 Å². The molecule has 1 unspecified atom stereocenters. The Hall–Kier alpha value is -3.48. The average Bonchev–Trinajstić information content (AvgIpc) is 3.38. The van der Waals surface area contributed by atoms with Crippen LogP contribution < -0.4 is 14.2 Å². The summed E-state index contributed by atoms with van der Waals surface area (Å²) in [5.41, 5.74) is 4.12. The average molecular weight is 450 g/mol. The molecule has 1 aliphatic heterocycles. The molecule has 0 aliphatic carbocycles. The number of hydrogen-bond donors (Lipinski definition) is 1. The lowest BCUT2D eigenvalue weighted by molar-refractivity contribution is 0.0741. The second kappa shape index (κ2) is 9.98. The molecule has 1 aromatic heterocycles. The van der Waals surface area contributed by atoms with Crippen molar-refractivity contribution >= 4 is 5.91 Å². The van der Waals surface area contributed by atoms with Gasteiger partial charge in [0.05, 0.1) is 32.1 Å². The predicted molar refractivity (Wildman–Crippen MR) is 127 cm³/mol. The van der Waals surface area contributed by atoms with Crippen LogP contribution in [0.4, 0.5) is 0 Å². The molecular formula is C26H31N3O4. The van der Waals surface area contributed by atoms with Crippen molar-refractivity contribution in [3.63, 3.8) is 0 Å². The maximum Gasteiger partial charge on any atom is 0.273 e. The molecule has 1 N–H and O–H groups in total. The first kappa shape index (κ1) is 22.7. The summed E-state index contributed by atoms with van der Waals surface area (Å²) in [5, 5.41) is 7.55. The Morgan fingerprint density at radius 2 is 1.73 bits per heavy atom. The quantitative estimate of drug-likeness (QED) is 0.459. The number of benzene rings is 2. The van der Waals surface area contributed by atoms with Crippen molar-refractivity contribution < 1.29 is 19.0 Å². The summed E-state index contributed by atoms with van der Waals surface area (Å²) >= 11 is 0. The van der Waals surface area contributed by atoms with Gasteiger partial charge in [-0.25, -0.2) is 0 Å². The third kappa shape index (κ3) is 4.27. The van der Waals surface area contributed by atoms with Crippen LogP contribution in [0.25, 0.3) is 11.3 Å². The summed E-state index contributed by atoms with van der Waals surface area (Å²) < 4.78 is 16.9. The zero-order valence-electron chi connectivity index (χ0n) is 19.7. The molecule has 3 aromatic rings.